The molecule has 0 unspecified atom stereocenters. The molecular weight excluding hydrogens is 488 g/mol. The number of thiocarbonyl (C=S) groups is 1. The Hall–Kier alpha value is -2.92. The number of hydrogen-bond acceptors (Lipinski definition) is 8. The molecule has 1 atom stereocenters. The van der Waals surface area contributed by atoms with Gasteiger partial charge in [0.25, 0.3) is 5.91 Å². The molecule has 1 saturated heterocycles. The highest BCUT2D eigenvalue weighted by Crippen LogP contribution is 2.35. The van der Waals surface area contributed by atoms with Crippen molar-refractivity contribution >= 4 is 63.8 Å². The molecule has 1 fully saturated rings. The van der Waals surface area contributed by atoms with E-state index in [2.05, 4.69) is 4.74 Å². The lowest BCUT2D eigenvalue weighted by Crippen LogP contribution is -2.33. The van der Waals surface area contributed by atoms with E-state index in [0.29, 0.717) is 28.5 Å². The number of thioether (sulfide) groups is 1. The number of hydrogen-bond donors (Lipinski definition) is 2. The lowest BCUT2D eigenvalue weighted by Gasteiger charge is -2.11. The number of carbonyl (C=O) groups is 3. The van der Waals surface area contributed by atoms with Crippen LogP contribution in [0, 0.1) is 0 Å². The van der Waals surface area contributed by atoms with Crippen LogP contribution < -0.4 is 10.5 Å². The number of carboxylic acid groups (broad SMARTS) is 1. The Morgan fingerprint density at radius 3 is 2.52 bits per heavy atom. The van der Waals surface area contributed by atoms with Crippen LogP contribution in [0.4, 0.5) is 0 Å². The van der Waals surface area contributed by atoms with E-state index in [1.165, 1.54) is 7.11 Å². The number of nitrogens with two attached hydrogens (primary N) is 1. The van der Waals surface area contributed by atoms with E-state index in [-0.39, 0.29) is 9.23 Å². The minimum Gasteiger partial charge on any atom is -0.480 e. The van der Waals surface area contributed by atoms with Crippen LogP contribution in [-0.2, 0) is 25.5 Å². The molecule has 1 aliphatic rings. The van der Waals surface area contributed by atoms with Gasteiger partial charge in [-0.15, -0.1) is 0 Å². The van der Waals surface area contributed by atoms with E-state index < -0.39 is 30.4 Å². The number of carboxylic acids is 1. The van der Waals surface area contributed by atoms with Gasteiger partial charge in [0.05, 0.1) is 17.0 Å². The summed E-state index contributed by atoms with van der Waals surface area (Å²) in [6.07, 6.45) is 1.90. The topological polar surface area (TPSA) is 119 Å². The first-order valence-corrected chi connectivity index (χ1v) is 11.1. The standard InChI is InChI=1S/C22H19ClN2O6S2/c1-30-21(29)17(24)8-12-2-5-14(6-3-12)31-15-7-4-13(16(23)10-15)9-18-20(28)25(11-19(26)27)22(32)33-18/h2-7,9-10,17H,8,11,24H2,1H3,(H,26,27)/t17-/m0/s1. The molecule has 0 saturated carbocycles. The molecule has 0 spiro atoms. The van der Waals surface area contributed by atoms with Crippen molar-refractivity contribution in [3.8, 4) is 11.5 Å². The summed E-state index contributed by atoms with van der Waals surface area (Å²) >= 11 is 12.5. The fourth-order valence-corrected chi connectivity index (χ4v) is 4.39. The Bertz CT molecular complexity index is 1140. The van der Waals surface area contributed by atoms with Gasteiger partial charge in [-0.25, -0.2) is 0 Å². The Kier molecular flexibility index (Phi) is 8.09. The summed E-state index contributed by atoms with van der Waals surface area (Å²) in [6.45, 7) is -0.490. The second-order valence-electron chi connectivity index (χ2n) is 6.92. The second-order valence-corrected chi connectivity index (χ2v) is 9.01. The Morgan fingerprint density at radius 2 is 1.91 bits per heavy atom. The number of nitrogens with zero attached hydrogens (tertiary/aromatic N) is 1. The van der Waals surface area contributed by atoms with Crippen LogP contribution in [0.3, 0.4) is 0 Å². The average Bonchev–Trinajstić information content (AvgIpc) is 3.03. The van der Waals surface area contributed by atoms with E-state index in [4.69, 9.17) is 39.4 Å². The van der Waals surface area contributed by atoms with E-state index in [1.807, 2.05) is 0 Å². The Morgan fingerprint density at radius 1 is 1.24 bits per heavy atom. The number of benzene rings is 2. The third kappa shape index (κ3) is 6.32. The normalized spacial score (nSPS) is 15.6. The van der Waals surface area contributed by atoms with Crippen LogP contribution >= 0.6 is 35.6 Å². The molecule has 1 amide bonds. The summed E-state index contributed by atoms with van der Waals surface area (Å²) in [7, 11) is 1.29. The molecule has 1 aliphatic heterocycles. The molecule has 0 aromatic heterocycles. The zero-order chi connectivity index (χ0) is 24.1. The largest absolute Gasteiger partial charge is 0.480 e. The molecule has 0 aliphatic carbocycles. The Labute approximate surface area is 204 Å². The van der Waals surface area contributed by atoms with Gasteiger partial charge in [0.15, 0.2) is 0 Å². The molecule has 33 heavy (non-hydrogen) atoms. The van der Waals surface area contributed by atoms with Gasteiger partial charge in [0.1, 0.15) is 28.4 Å². The smallest absolute Gasteiger partial charge is 0.323 e. The zero-order valence-electron chi connectivity index (χ0n) is 17.3. The van der Waals surface area contributed by atoms with Crippen LogP contribution in [0.2, 0.25) is 5.02 Å². The fourth-order valence-electron chi connectivity index (χ4n) is 2.92. The molecule has 11 heteroatoms. The molecule has 8 nitrogen and oxygen atoms in total. The van der Waals surface area contributed by atoms with Crippen LogP contribution in [0.1, 0.15) is 11.1 Å². The summed E-state index contributed by atoms with van der Waals surface area (Å²) in [5, 5.41) is 9.27. The Balaban J connectivity index is 1.68. The van der Waals surface area contributed by atoms with Crippen molar-refractivity contribution in [2.45, 2.75) is 12.5 Å². The van der Waals surface area contributed by atoms with Crippen molar-refractivity contribution in [2.75, 3.05) is 13.7 Å². The minimum absolute atomic E-state index is 0.181. The lowest BCUT2D eigenvalue weighted by atomic mass is 10.1. The van der Waals surface area contributed by atoms with Crippen molar-refractivity contribution in [3.05, 3.63) is 63.5 Å². The number of esters is 1. The number of ether oxygens (including phenoxy) is 2. The van der Waals surface area contributed by atoms with Gasteiger partial charge in [0.2, 0.25) is 0 Å². The number of aliphatic carboxylic acids is 1. The zero-order valence-corrected chi connectivity index (χ0v) is 19.7. The molecule has 172 valence electrons. The van der Waals surface area contributed by atoms with Crippen LogP contribution in [0.15, 0.2) is 47.4 Å². The van der Waals surface area contributed by atoms with Gasteiger partial charge in [-0.3, -0.25) is 19.3 Å². The molecular formula is C22H19ClN2O6S2. The predicted molar refractivity (Wildman–Crippen MR) is 129 cm³/mol. The predicted octanol–water partition coefficient (Wildman–Crippen LogP) is 3.46. The quantitative estimate of drug-likeness (QED) is 0.315. The van der Waals surface area contributed by atoms with Crippen molar-refractivity contribution in [1.29, 1.82) is 0 Å². The van der Waals surface area contributed by atoms with E-state index in [1.54, 1.807) is 48.5 Å². The summed E-state index contributed by atoms with van der Waals surface area (Å²) in [4.78, 5) is 36.1. The van der Waals surface area contributed by atoms with Gasteiger partial charge >= 0.3 is 11.9 Å². The summed E-state index contributed by atoms with van der Waals surface area (Å²) in [6, 6.07) is 11.3. The van der Waals surface area contributed by atoms with Gasteiger partial charge in [-0.2, -0.15) is 0 Å². The van der Waals surface area contributed by atoms with Gasteiger partial charge in [-0.1, -0.05) is 47.7 Å². The molecule has 0 radical (unpaired) electrons. The first-order chi connectivity index (χ1) is 15.7. The van der Waals surface area contributed by atoms with Gasteiger partial charge in [-0.05, 0) is 54.0 Å². The third-order valence-electron chi connectivity index (χ3n) is 4.54. The average molecular weight is 507 g/mol. The fraction of sp³-hybridized carbons (Fsp3) is 0.182. The number of rotatable bonds is 8. The highest BCUT2D eigenvalue weighted by atomic mass is 35.5. The molecule has 2 aromatic carbocycles. The van der Waals surface area contributed by atoms with E-state index in [0.717, 1.165) is 22.2 Å². The van der Waals surface area contributed by atoms with Gasteiger partial charge < -0.3 is 20.3 Å². The molecule has 0 bridgehead atoms. The first kappa shape index (κ1) is 24.7. The summed E-state index contributed by atoms with van der Waals surface area (Å²) in [5.41, 5.74) is 7.19. The number of amides is 1. The maximum atomic E-state index is 12.4. The second kappa shape index (κ2) is 10.8. The van der Waals surface area contributed by atoms with Crippen molar-refractivity contribution in [2.24, 2.45) is 5.73 Å². The van der Waals surface area contributed by atoms with Crippen LogP contribution in [0.25, 0.3) is 6.08 Å². The van der Waals surface area contributed by atoms with Crippen LogP contribution in [0.5, 0.6) is 11.5 Å². The number of methoxy groups -OCH3 is 1. The molecule has 1 heterocycles. The maximum absolute atomic E-state index is 12.4. The van der Waals surface area contributed by atoms with Crippen molar-refractivity contribution in [1.82, 2.24) is 4.90 Å². The summed E-state index contributed by atoms with van der Waals surface area (Å²) in [5.74, 6) is -1.06. The van der Waals surface area contributed by atoms with E-state index >= 15 is 0 Å². The minimum atomic E-state index is -1.15. The molecule has 3 rings (SSSR count). The first-order valence-electron chi connectivity index (χ1n) is 9.55. The monoisotopic (exact) mass is 506 g/mol. The highest BCUT2D eigenvalue weighted by molar-refractivity contribution is 8.26. The van der Waals surface area contributed by atoms with Gasteiger partial charge in [0, 0.05) is 0 Å². The molecule has 2 aromatic rings. The SMILES string of the molecule is COC(=O)[C@@H](N)Cc1ccc(Oc2ccc(C=C3SC(=S)N(CC(=O)O)C3=O)c(Cl)c2)cc1. The van der Waals surface area contributed by atoms with E-state index in [9.17, 15) is 14.4 Å². The van der Waals surface area contributed by atoms with Crippen molar-refractivity contribution < 1.29 is 29.0 Å². The summed E-state index contributed by atoms with van der Waals surface area (Å²) < 4.78 is 10.6. The number of halogens is 1. The number of carbonyl (C=O) groups excluding carboxylic acids is 2. The highest BCUT2D eigenvalue weighted by Gasteiger charge is 2.33. The third-order valence-corrected chi connectivity index (χ3v) is 6.25. The maximum Gasteiger partial charge on any atom is 0.323 e. The lowest BCUT2D eigenvalue weighted by molar-refractivity contribution is -0.142. The molecule has 3 N–H and O–H groups in total. The van der Waals surface area contributed by atoms with Crippen LogP contribution in [-0.4, -0.2) is 51.9 Å². The van der Waals surface area contributed by atoms with Crippen molar-refractivity contribution in [3.63, 3.8) is 0 Å².